The summed E-state index contributed by atoms with van der Waals surface area (Å²) in [4.78, 5) is 4.44. The first-order valence-corrected chi connectivity index (χ1v) is 5.72. The molecule has 2 rings (SSSR count). The number of pyridine rings is 1. The first-order chi connectivity index (χ1) is 8.52. The average Bonchev–Trinajstić information content (AvgIpc) is 2.70. The Morgan fingerprint density at radius 3 is 2.67 bits per heavy atom. The van der Waals surface area contributed by atoms with Crippen molar-refractivity contribution < 1.29 is 5.11 Å². The molecular formula is C14H15N3O. The highest BCUT2D eigenvalue weighted by molar-refractivity contribution is 5.39. The van der Waals surface area contributed by atoms with Crippen LogP contribution in [0.15, 0.2) is 18.2 Å². The highest BCUT2D eigenvalue weighted by Crippen LogP contribution is 2.21. The van der Waals surface area contributed by atoms with E-state index in [0.29, 0.717) is 11.5 Å². The maximum atomic E-state index is 9.79. The van der Waals surface area contributed by atoms with Crippen molar-refractivity contribution >= 4 is 0 Å². The fourth-order valence-corrected chi connectivity index (χ4v) is 1.81. The third-order valence-corrected chi connectivity index (χ3v) is 2.73. The number of terminal acetylenes is 1. The third-order valence-electron chi connectivity index (χ3n) is 2.73. The molecule has 0 aliphatic carbocycles. The zero-order valence-electron chi connectivity index (χ0n) is 10.7. The quantitative estimate of drug-likeness (QED) is 0.817. The zero-order chi connectivity index (χ0) is 13.3. The Morgan fingerprint density at radius 1 is 1.39 bits per heavy atom. The van der Waals surface area contributed by atoms with Crippen molar-refractivity contribution in [2.45, 2.75) is 26.9 Å². The van der Waals surface area contributed by atoms with Gasteiger partial charge in [-0.05, 0) is 38.8 Å². The van der Waals surface area contributed by atoms with Crippen molar-refractivity contribution in [3.8, 4) is 18.2 Å². The number of aliphatic hydroxyl groups excluding tert-OH is 1. The van der Waals surface area contributed by atoms with Crippen LogP contribution in [0.4, 0.5) is 0 Å². The van der Waals surface area contributed by atoms with E-state index in [9.17, 15) is 5.11 Å². The van der Waals surface area contributed by atoms with Gasteiger partial charge < -0.3 is 5.11 Å². The number of aliphatic hydroxyl groups is 1. The maximum Gasteiger partial charge on any atom is 0.159 e. The lowest BCUT2D eigenvalue weighted by molar-refractivity contribution is 0.198. The minimum atomic E-state index is -0.606. The van der Waals surface area contributed by atoms with Gasteiger partial charge in [0.25, 0.3) is 0 Å². The van der Waals surface area contributed by atoms with E-state index in [1.165, 1.54) is 0 Å². The second-order valence-corrected chi connectivity index (χ2v) is 4.27. The first kappa shape index (κ1) is 12.3. The summed E-state index contributed by atoms with van der Waals surface area (Å²) in [5, 5.41) is 14.1. The van der Waals surface area contributed by atoms with Gasteiger partial charge in [0, 0.05) is 17.0 Å². The van der Waals surface area contributed by atoms with Crippen LogP contribution in [0.25, 0.3) is 5.82 Å². The molecule has 1 N–H and O–H groups in total. The molecule has 0 aliphatic rings. The monoisotopic (exact) mass is 241 g/mol. The summed E-state index contributed by atoms with van der Waals surface area (Å²) in [5.41, 5.74) is 3.05. The van der Waals surface area contributed by atoms with Gasteiger partial charge in [0.15, 0.2) is 5.82 Å². The standard InChI is InChI=1S/C14H15N3O/c1-5-12-8-10(3)17(16-12)14-13(11(4)18)7-6-9(2)15-14/h1,6-8,11,18H,2-4H3. The molecule has 0 bridgehead atoms. The van der Waals surface area contributed by atoms with Gasteiger partial charge in [-0.2, -0.15) is 5.10 Å². The number of hydrogen-bond acceptors (Lipinski definition) is 3. The van der Waals surface area contributed by atoms with Crippen LogP contribution in [0.3, 0.4) is 0 Å². The molecule has 0 amide bonds. The van der Waals surface area contributed by atoms with Crippen molar-refractivity contribution in [1.29, 1.82) is 0 Å². The number of aromatic nitrogens is 3. The highest BCUT2D eigenvalue weighted by Gasteiger charge is 2.14. The van der Waals surface area contributed by atoms with Gasteiger partial charge in [-0.3, -0.25) is 0 Å². The van der Waals surface area contributed by atoms with E-state index in [1.807, 2.05) is 32.0 Å². The van der Waals surface area contributed by atoms with E-state index in [4.69, 9.17) is 6.42 Å². The van der Waals surface area contributed by atoms with Gasteiger partial charge in [-0.25, -0.2) is 9.67 Å². The van der Waals surface area contributed by atoms with E-state index < -0.39 is 6.10 Å². The van der Waals surface area contributed by atoms with Crippen LogP contribution in [-0.4, -0.2) is 19.9 Å². The zero-order valence-corrected chi connectivity index (χ0v) is 10.7. The van der Waals surface area contributed by atoms with Crippen LogP contribution in [0.5, 0.6) is 0 Å². The molecule has 4 heteroatoms. The van der Waals surface area contributed by atoms with Crippen LogP contribution in [-0.2, 0) is 0 Å². The number of aryl methyl sites for hydroxylation is 2. The molecule has 2 aromatic rings. The van der Waals surface area contributed by atoms with E-state index >= 15 is 0 Å². The summed E-state index contributed by atoms with van der Waals surface area (Å²) < 4.78 is 1.67. The molecule has 1 unspecified atom stereocenters. The summed E-state index contributed by atoms with van der Waals surface area (Å²) in [6.07, 6.45) is 4.74. The summed E-state index contributed by atoms with van der Waals surface area (Å²) >= 11 is 0. The molecule has 0 saturated heterocycles. The Balaban J connectivity index is 2.65. The molecule has 0 aromatic carbocycles. The predicted octanol–water partition coefficient (Wildman–Crippen LogP) is 1.92. The Hall–Kier alpha value is -2.12. The lowest BCUT2D eigenvalue weighted by Crippen LogP contribution is -2.09. The minimum absolute atomic E-state index is 0.562. The van der Waals surface area contributed by atoms with E-state index in [2.05, 4.69) is 16.0 Å². The van der Waals surface area contributed by atoms with Crippen LogP contribution in [0, 0.1) is 26.2 Å². The van der Waals surface area contributed by atoms with Crippen molar-refractivity contribution in [3.63, 3.8) is 0 Å². The van der Waals surface area contributed by atoms with Crippen LogP contribution in [0.2, 0.25) is 0 Å². The van der Waals surface area contributed by atoms with Crippen LogP contribution < -0.4 is 0 Å². The van der Waals surface area contributed by atoms with Crippen molar-refractivity contribution in [2.75, 3.05) is 0 Å². The number of nitrogens with zero attached hydrogens (tertiary/aromatic N) is 3. The molecule has 0 saturated carbocycles. The van der Waals surface area contributed by atoms with E-state index in [1.54, 1.807) is 11.6 Å². The maximum absolute atomic E-state index is 9.79. The predicted molar refractivity (Wildman–Crippen MR) is 69.4 cm³/mol. The van der Waals surface area contributed by atoms with Gasteiger partial charge >= 0.3 is 0 Å². The largest absolute Gasteiger partial charge is 0.389 e. The van der Waals surface area contributed by atoms with Crippen molar-refractivity contribution in [1.82, 2.24) is 14.8 Å². The van der Waals surface area contributed by atoms with Gasteiger partial charge in [-0.15, -0.1) is 6.42 Å². The van der Waals surface area contributed by atoms with Crippen molar-refractivity contribution in [3.05, 3.63) is 40.8 Å². The summed E-state index contributed by atoms with van der Waals surface area (Å²) in [5.74, 6) is 3.13. The summed E-state index contributed by atoms with van der Waals surface area (Å²) in [6, 6.07) is 5.54. The SMILES string of the molecule is C#Cc1cc(C)n(-c2nc(C)ccc2C(C)O)n1. The van der Waals surface area contributed by atoms with E-state index in [-0.39, 0.29) is 0 Å². The first-order valence-electron chi connectivity index (χ1n) is 5.72. The molecule has 4 nitrogen and oxygen atoms in total. The Morgan fingerprint density at radius 2 is 2.11 bits per heavy atom. The molecule has 1 atom stereocenters. The molecule has 92 valence electrons. The minimum Gasteiger partial charge on any atom is -0.389 e. The fraction of sp³-hybridized carbons (Fsp3) is 0.286. The fourth-order valence-electron chi connectivity index (χ4n) is 1.81. The van der Waals surface area contributed by atoms with Gasteiger partial charge in [0.1, 0.15) is 5.69 Å². The smallest absolute Gasteiger partial charge is 0.159 e. The molecular weight excluding hydrogens is 226 g/mol. The Labute approximate surface area is 106 Å². The normalized spacial score (nSPS) is 12.2. The molecule has 18 heavy (non-hydrogen) atoms. The molecule has 0 spiro atoms. The topological polar surface area (TPSA) is 50.9 Å². The molecule has 2 aromatic heterocycles. The summed E-state index contributed by atoms with van der Waals surface area (Å²) in [7, 11) is 0. The molecule has 2 heterocycles. The van der Waals surface area contributed by atoms with Gasteiger partial charge in [0.05, 0.1) is 6.10 Å². The molecule has 0 aliphatic heterocycles. The second kappa shape index (κ2) is 4.63. The highest BCUT2D eigenvalue weighted by atomic mass is 16.3. The lowest BCUT2D eigenvalue weighted by atomic mass is 10.1. The number of hydrogen-bond donors (Lipinski definition) is 1. The molecule has 0 fully saturated rings. The average molecular weight is 241 g/mol. The number of rotatable bonds is 2. The van der Waals surface area contributed by atoms with Crippen molar-refractivity contribution in [2.24, 2.45) is 0 Å². The van der Waals surface area contributed by atoms with Crippen LogP contribution in [0.1, 0.15) is 35.7 Å². The van der Waals surface area contributed by atoms with Crippen LogP contribution >= 0.6 is 0 Å². The van der Waals surface area contributed by atoms with Gasteiger partial charge in [0.2, 0.25) is 0 Å². The Kier molecular flexibility index (Phi) is 3.17. The molecule has 0 radical (unpaired) electrons. The lowest BCUT2D eigenvalue weighted by Gasteiger charge is -2.12. The third kappa shape index (κ3) is 2.13. The van der Waals surface area contributed by atoms with Gasteiger partial charge in [-0.1, -0.05) is 6.07 Å². The van der Waals surface area contributed by atoms with E-state index in [0.717, 1.165) is 17.0 Å². The second-order valence-electron chi connectivity index (χ2n) is 4.27. The Bertz CT molecular complexity index is 620. The summed E-state index contributed by atoms with van der Waals surface area (Å²) in [6.45, 7) is 5.51.